The van der Waals surface area contributed by atoms with E-state index in [4.69, 9.17) is 9.47 Å². The maximum atomic E-state index is 13.7. The highest BCUT2D eigenvalue weighted by atomic mass is 19.1. The van der Waals surface area contributed by atoms with Crippen LogP contribution >= 0.6 is 0 Å². The molecule has 1 aliphatic rings. The van der Waals surface area contributed by atoms with Gasteiger partial charge in [0.05, 0.1) is 27.1 Å². The van der Waals surface area contributed by atoms with Crippen molar-refractivity contribution in [1.29, 1.82) is 0 Å². The molecule has 2 N–H and O–H groups in total. The molecule has 0 aliphatic carbocycles. The van der Waals surface area contributed by atoms with Crippen molar-refractivity contribution < 1.29 is 28.2 Å². The summed E-state index contributed by atoms with van der Waals surface area (Å²) in [7, 11) is 3.08. The van der Waals surface area contributed by atoms with Gasteiger partial charge in [-0.3, -0.25) is 14.4 Å². The third kappa shape index (κ3) is 5.57. The lowest BCUT2D eigenvalue weighted by atomic mass is 9.94. The molecule has 3 aromatic rings. The van der Waals surface area contributed by atoms with Gasteiger partial charge in [-0.15, -0.1) is 0 Å². The number of imidazole rings is 1. The summed E-state index contributed by atoms with van der Waals surface area (Å²) in [6.45, 7) is 4.34. The van der Waals surface area contributed by atoms with Gasteiger partial charge in [-0.1, -0.05) is 19.1 Å². The standard InChI is InChI=1S/C28H32FN5O5/c1-5-12-34-26(36)24-23(25(35)30-15-19-13-21(38-3)10-11-22(19)39-4)32-17-33(24)16-28(34,2)27(37)31-14-18-6-8-20(29)9-7-18/h6-11,13,17H,5,12,14-16H2,1-4H3,(H,30,35)(H,31,37)/t28-/m1/s1. The minimum Gasteiger partial charge on any atom is -0.497 e. The first-order valence-corrected chi connectivity index (χ1v) is 12.6. The number of fused-ring (bicyclic) bond motifs is 1. The molecule has 39 heavy (non-hydrogen) atoms. The number of benzene rings is 2. The summed E-state index contributed by atoms with van der Waals surface area (Å²) in [5.41, 5.74) is 0.317. The van der Waals surface area contributed by atoms with E-state index in [0.717, 1.165) is 5.56 Å². The van der Waals surface area contributed by atoms with Gasteiger partial charge in [-0.05, 0) is 49.2 Å². The number of amides is 3. The second-order valence-electron chi connectivity index (χ2n) is 9.47. The predicted molar refractivity (Wildman–Crippen MR) is 141 cm³/mol. The number of methoxy groups -OCH3 is 2. The Morgan fingerprint density at radius 2 is 1.82 bits per heavy atom. The zero-order valence-corrected chi connectivity index (χ0v) is 22.4. The smallest absolute Gasteiger partial charge is 0.273 e. The highest BCUT2D eigenvalue weighted by molar-refractivity contribution is 6.07. The summed E-state index contributed by atoms with van der Waals surface area (Å²) in [4.78, 5) is 46.0. The van der Waals surface area contributed by atoms with Gasteiger partial charge >= 0.3 is 0 Å². The van der Waals surface area contributed by atoms with Crippen molar-refractivity contribution in [2.24, 2.45) is 0 Å². The van der Waals surface area contributed by atoms with Crippen molar-refractivity contribution in [3.63, 3.8) is 0 Å². The Hall–Kier alpha value is -4.41. The molecule has 206 valence electrons. The fraction of sp³-hybridized carbons (Fsp3) is 0.357. The van der Waals surface area contributed by atoms with Gasteiger partial charge in [-0.2, -0.15) is 0 Å². The molecule has 2 aromatic carbocycles. The minimum absolute atomic E-state index is 0.0169. The molecular weight excluding hydrogens is 505 g/mol. The lowest BCUT2D eigenvalue weighted by Gasteiger charge is -2.43. The van der Waals surface area contributed by atoms with Crippen LogP contribution in [0, 0.1) is 5.82 Å². The van der Waals surface area contributed by atoms with Gasteiger partial charge in [-0.25, -0.2) is 9.37 Å². The molecule has 0 fully saturated rings. The van der Waals surface area contributed by atoms with Crippen molar-refractivity contribution in [3.8, 4) is 11.5 Å². The van der Waals surface area contributed by atoms with Gasteiger partial charge in [0, 0.05) is 25.2 Å². The van der Waals surface area contributed by atoms with E-state index < -0.39 is 17.4 Å². The monoisotopic (exact) mass is 537 g/mol. The molecule has 0 saturated heterocycles. The number of hydrogen-bond donors (Lipinski definition) is 2. The van der Waals surface area contributed by atoms with E-state index >= 15 is 0 Å². The van der Waals surface area contributed by atoms with Crippen LogP contribution in [0.2, 0.25) is 0 Å². The number of rotatable bonds is 10. The van der Waals surface area contributed by atoms with Crippen LogP contribution in [-0.2, 0) is 24.4 Å². The van der Waals surface area contributed by atoms with E-state index in [9.17, 15) is 18.8 Å². The first-order chi connectivity index (χ1) is 18.7. The average Bonchev–Trinajstić information content (AvgIpc) is 3.37. The predicted octanol–water partition coefficient (Wildman–Crippen LogP) is 2.91. The van der Waals surface area contributed by atoms with Crippen LogP contribution in [-0.4, -0.2) is 58.5 Å². The Balaban J connectivity index is 1.54. The lowest BCUT2D eigenvalue weighted by Crippen LogP contribution is -2.64. The van der Waals surface area contributed by atoms with E-state index in [0.29, 0.717) is 30.0 Å². The molecule has 0 spiro atoms. The average molecular weight is 538 g/mol. The summed E-state index contributed by atoms with van der Waals surface area (Å²) in [5.74, 6) is -0.507. The quantitative estimate of drug-likeness (QED) is 0.411. The Kier molecular flexibility index (Phi) is 8.18. The van der Waals surface area contributed by atoms with Crippen LogP contribution in [0.4, 0.5) is 4.39 Å². The molecule has 1 atom stereocenters. The third-order valence-electron chi connectivity index (χ3n) is 6.80. The molecule has 0 bridgehead atoms. The van der Waals surface area contributed by atoms with E-state index in [1.807, 2.05) is 6.92 Å². The highest BCUT2D eigenvalue weighted by Gasteiger charge is 2.48. The second kappa shape index (κ2) is 11.5. The first-order valence-electron chi connectivity index (χ1n) is 12.6. The summed E-state index contributed by atoms with van der Waals surface area (Å²) in [6, 6.07) is 11.1. The van der Waals surface area contributed by atoms with E-state index in [2.05, 4.69) is 15.6 Å². The van der Waals surface area contributed by atoms with E-state index in [1.165, 1.54) is 30.5 Å². The number of carbonyl (C=O) groups excluding carboxylic acids is 3. The fourth-order valence-electron chi connectivity index (χ4n) is 4.68. The van der Waals surface area contributed by atoms with Gasteiger partial charge in [0.1, 0.15) is 28.5 Å². The van der Waals surface area contributed by atoms with Crippen LogP contribution in [0.3, 0.4) is 0 Å². The summed E-state index contributed by atoms with van der Waals surface area (Å²) >= 11 is 0. The molecule has 0 radical (unpaired) electrons. The molecule has 1 aromatic heterocycles. The molecule has 3 amide bonds. The van der Waals surface area contributed by atoms with Crippen molar-refractivity contribution in [3.05, 3.63) is 77.1 Å². The Labute approximate surface area is 226 Å². The number of aromatic nitrogens is 2. The Morgan fingerprint density at radius 3 is 2.49 bits per heavy atom. The molecular formula is C28H32FN5O5. The normalized spacial score (nSPS) is 16.4. The zero-order chi connectivity index (χ0) is 28.2. The molecule has 1 aliphatic heterocycles. The summed E-state index contributed by atoms with van der Waals surface area (Å²) in [6.07, 6.45) is 2.01. The number of halogens is 1. The first kappa shape index (κ1) is 27.6. The zero-order valence-electron chi connectivity index (χ0n) is 22.4. The molecule has 11 heteroatoms. The summed E-state index contributed by atoms with van der Waals surface area (Å²) < 4.78 is 25.4. The largest absolute Gasteiger partial charge is 0.497 e. The minimum atomic E-state index is -1.22. The van der Waals surface area contributed by atoms with Crippen molar-refractivity contribution in [2.45, 2.75) is 45.4 Å². The van der Waals surface area contributed by atoms with Gasteiger partial charge in [0.25, 0.3) is 11.8 Å². The lowest BCUT2D eigenvalue weighted by molar-refractivity contribution is -0.133. The number of nitrogens with one attached hydrogen (secondary N) is 2. The van der Waals surface area contributed by atoms with Crippen LogP contribution in [0.1, 0.15) is 52.4 Å². The highest BCUT2D eigenvalue weighted by Crippen LogP contribution is 2.30. The van der Waals surface area contributed by atoms with Crippen molar-refractivity contribution in [2.75, 3.05) is 20.8 Å². The topological polar surface area (TPSA) is 115 Å². The number of ether oxygens (including phenoxy) is 2. The Morgan fingerprint density at radius 1 is 1.08 bits per heavy atom. The van der Waals surface area contributed by atoms with Gasteiger partial charge in [0.15, 0.2) is 5.69 Å². The molecule has 0 saturated carbocycles. The van der Waals surface area contributed by atoms with E-state index in [-0.39, 0.29) is 42.7 Å². The van der Waals surface area contributed by atoms with E-state index in [1.54, 1.807) is 48.9 Å². The third-order valence-corrected chi connectivity index (χ3v) is 6.80. The second-order valence-corrected chi connectivity index (χ2v) is 9.47. The van der Waals surface area contributed by atoms with Crippen LogP contribution < -0.4 is 20.1 Å². The summed E-state index contributed by atoms with van der Waals surface area (Å²) in [5, 5.41) is 5.67. The number of hydrogen-bond acceptors (Lipinski definition) is 6. The molecule has 0 unspecified atom stereocenters. The van der Waals surface area contributed by atoms with Crippen molar-refractivity contribution in [1.82, 2.24) is 25.1 Å². The Bertz CT molecular complexity index is 1370. The maximum Gasteiger partial charge on any atom is 0.273 e. The number of carbonyl (C=O) groups is 3. The number of nitrogens with zero attached hydrogens (tertiary/aromatic N) is 3. The molecule has 2 heterocycles. The van der Waals surface area contributed by atoms with Gasteiger partial charge < -0.3 is 29.6 Å². The van der Waals surface area contributed by atoms with Crippen molar-refractivity contribution >= 4 is 17.7 Å². The van der Waals surface area contributed by atoms with Crippen LogP contribution in [0.25, 0.3) is 0 Å². The van der Waals surface area contributed by atoms with Crippen LogP contribution in [0.15, 0.2) is 48.8 Å². The van der Waals surface area contributed by atoms with Gasteiger partial charge in [0.2, 0.25) is 5.91 Å². The fourth-order valence-corrected chi connectivity index (χ4v) is 4.68. The maximum absolute atomic E-state index is 13.7. The molecule has 4 rings (SSSR count). The van der Waals surface area contributed by atoms with Crippen LogP contribution in [0.5, 0.6) is 11.5 Å². The SMILES string of the molecule is CCCN1C(=O)c2c(C(=O)NCc3cc(OC)ccc3OC)ncn2C[C@]1(C)C(=O)NCc1ccc(F)cc1. The molecule has 10 nitrogen and oxygen atoms in total.